The Morgan fingerprint density at radius 3 is 1.47 bits per heavy atom. The molecule has 9 heteroatoms. The van der Waals surface area contributed by atoms with Crippen molar-refractivity contribution in [1.29, 1.82) is 0 Å². The lowest BCUT2D eigenvalue weighted by molar-refractivity contribution is 0.286. The van der Waals surface area contributed by atoms with Crippen LogP contribution < -0.4 is 11.1 Å². The zero-order chi connectivity index (χ0) is 33.0. The lowest BCUT2D eigenvalue weighted by Gasteiger charge is -2.34. The molecule has 2 atom stereocenters. The summed E-state index contributed by atoms with van der Waals surface area (Å²) in [6, 6.07) is 23.6. The van der Waals surface area contributed by atoms with Crippen molar-refractivity contribution < 1.29 is 10.2 Å². The monoisotopic (exact) mass is 688 g/mol. The Hall–Kier alpha value is -3.01. The molecule has 2 aliphatic rings. The average Bonchev–Trinajstić information content (AvgIpc) is 3.75. The molecule has 2 aromatic heterocycles. The fourth-order valence-corrected chi connectivity index (χ4v) is 10.4. The first-order chi connectivity index (χ1) is 22.7. The van der Waals surface area contributed by atoms with Gasteiger partial charge in [0.05, 0.1) is 11.1 Å². The molecule has 0 saturated carbocycles. The number of unbranched alkanes of at least 4 members (excludes halogenated alkanes) is 2. The smallest absolute Gasteiger partial charge is 0.255 e. The summed E-state index contributed by atoms with van der Waals surface area (Å²) in [4.78, 5) is 28.5. The quantitative estimate of drug-likeness (QED) is 0.130. The van der Waals surface area contributed by atoms with E-state index in [-0.39, 0.29) is 22.9 Å². The van der Waals surface area contributed by atoms with Gasteiger partial charge in [0.25, 0.3) is 11.1 Å². The van der Waals surface area contributed by atoms with E-state index in [0.29, 0.717) is 0 Å². The maximum atomic E-state index is 13.3. The molecule has 0 fully saturated rings. The Kier molecular flexibility index (Phi) is 10.5. The fraction of sp³-hybridized carbons (Fsp3) is 0.421. The van der Waals surface area contributed by atoms with Gasteiger partial charge < -0.3 is 10.2 Å². The number of fused-ring (bicyclic) bond motifs is 2. The predicted octanol–water partition coefficient (Wildman–Crippen LogP) is 8.02. The van der Waals surface area contributed by atoms with E-state index < -0.39 is 11.1 Å². The van der Waals surface area contributed by atoms with Gasteiger partial charge in [-0.2, -0.15) is 11.8 Å². The molecule has 0 bridgehead atoms. The van der Waals surface area contributed by atoms with E-state index in [1.807, 2.05) is 48.2 Å². The summed E-state index contributed by atoms with van der Waals surface area (Å²) in [7, 11) is 0. The highest BCUT2D eigenvalue weighted by Gasteiger charge is 2.35. The summed E-state index contributed by atoms with van der Waals surface area (Å²) in [5, 5.41) is 22.6. The third-order valence-corrected chi connectivity index (χ3v) is 13.2. The van der Waals surface area contributed by atoms with Crippen molar-refractivity contribution in [2.75, 3.05) is 23.0 Å². The Morgan fingerprint density at radius 1 is 0.660 bits per heavy atom. The maximum Gasteiger partial charge on any atom is 0.255 e. The van der Waals surface area contributed by atoms with Crippen molar-refractivity contribution in [3.05, 3.63) is 116 Å². The largest absolute Gasteiger partial charge is 0.494 e. The van der Waals surface area contributed by atoms with E-state index in [4.69, 9.17) is 0 Å². The van der Waals surface area contributed by atoms with Crippen LogP contribution in [0.2, 0.25) is 0 Å². The number of hydrogen-bond donors (Lipinski definition) is 2. The molecule has 2 aromatic carbocycles. The van der Waals surface area contributed by atoms with Gasteiger partial charge in [-0.05, 0) is 87.8 Å². The summed E-state index contributed by atoms with van der Waals surface area (Å²) < 4.78 is 3.26. The lowest BCUT2D eigenvalue weighted by atomic mass is 9.86. The van der Waals surface area contributed by atoms with E-state index in [9.17, 15) is 19.8 Å². The number of pyridine rings is 2. The number of nitrogens with zero attached hydrogens (tertiary/aromatic N) is 2. The summed E-state index contributed by atoms with van der Waals surface area (Å²) in [6.07, 6.45) is 6.96. The van der Waals surface area contributed by atoms with Gasteiger partial charge in [0.15, 0.2) is 11.8 Å². The van der Waals surface area contributed by atoms with E-state index >= 15 is 0 Å². The second-order valence-corrected chi connectivity index (χ2v) is 16.5. The highest BCUT2D eigenvalue weighted by atomic mass is 32.2. The highest BCUT2D eigenvalue weighted by molar-refractivity contribution is 8.00. The molecule has 4 heterocycles. The molecular weight excluding hydrogens is 645 g/mol. The minimum absolute atomic E-state index is 0.120. The molecular formula is C38H44N2O4S3. The predicted molar refractivity (Wildman–Crippen MR) is 197 cm³/mol. The Balaban J connectivity index is 1.06. The summed E-state index contributed by atoms with van der Waals surface area (Å²) in [6.45, 7) is 4.16. The molecule has 248 valence electrons. The molecule has 2 N–H and O–H groups in total. The number of thioether (sulfide) groups is 3. The minimum atomic E-state index is -0.642. The van der Waals surface area contributed by atoms with E-state index in [0.717, 1.165) is 106 Å². The third kappa shape index (κ3) is 6.81. The van der Waals surface area contributed by atoms with Crippen LogP contribution in [-0.2, 0) is 23.9 Å². The van der Waals surface area contributed by atoms with E-state index in [2.05, 4.69) is 38.1 Å². The molecule has 4 aromatic rings. The lowest BCUT2D eigenvalue weighted by Crippen LogP contribution is -2.40. The van der Waals surface area contributed by atoms with Gasteiger partial charge in [0.1, 0.15) is 0 Å². The Bertz CT molecular complexity index is 1690. The number of hydrogen-bond acceptors (Lipinski definition) is 7. The van der Waals surface area contributed by atoms with Gasteiger partial charge in [-0.3, -0.25) is 18.7 Å². The van der Waals surface area contributed by atoms with Gasteiger partial charge >= 0.3 is 0 Å². The molecule has 47 heavy (non-hydrogen) atoms. The normalized spacial score (nSPS) is 16.4. The minimum Gasteiger partial charge on any atom is -0.494 e. The second kappa shape index (κ2) is 14.6. The summed E-state index contributed by atoms with van der Waals surface area (Å²) >= 11 is 5.23. The van der Waals surface area contributed by atoms with Gasteiger partial charge in [-0.1, -0.05) is 60.7 Å². The molecule has 0 radical (unpaired) electrons. The average molecular weight is 689 g/mol. The first-order valence-electron chi connectivity index (χ1n) is 16.7. The molecule has 0 saturated heterocycles. The number of rotatable bonds is 14. The van der Waals surface area contributed by atoms with Crippen LogP contribution in [0.4, 0.5) is 0 Å². The van der Waals surface area contributed by atoms with Crippen LogP contribution >= 0.6 is 35.3 Å². The van der Waals surface area contributed by atoms with Crippen molar-refractivity contribution in [3.63, 3.8) is 0 Å². The van der Waals surface area contributed by atoms with E-state index in [1.54, 1.807) is 44.8 Å². The van der Waals surface area contributed by atoms with Gasteiger partial charge in [0.2, 0.25) is 0 Å². The fourth-order valence-electron chi connectivity index (χ4n) is 7.25. The SMILES string of the molecule is CC(CCCCSCCCCC(C)(c1ccccc1)n1c(O)c2c(cc1=O)SCC2)(c1ccccc1)n1c(O)c2c(cc1=O)SCC2. The standard InChI is InChI=1S/C38H44N2O4S3/c1-37(27-13-5-3-6-14-27,39-33(41)25-31-29(35(39)43)17-23-46-31)19-9-11-21-45-22-12-10-20-38(2,28-15-7-4-8-16-28)40-34(42)26-32-30(36(40)44)18-24-47-32/h3-8,13-16,25-26,43-44H,9-12,17-24H2,1-2H3. The van der Waals surface area contributed by atoms with Crippen LogP contribution in [0.3, 0.4) is 0 Å². The summed E-state index contributed by atoms with van der Waals surface area (Å²) in [5.74, 6) is 4.07. The van der Waals surface area contributed by atoms with Gasteiger partial charge in [-0.15, -0.1) is 23.5 Å². The van der Waals surface area contributed by atoms with Crippen molar-refractivity contribution in [3.8, 4) is 11.8 Å². The zero-order valence-corrected chi connectivity index (χ0v) is 29.7. The van der Waals surface area contributed by atoms with Crippen LogP contribution in [0, 0.1) is 0 Å². The van der Waals surface area contributed by atoms with Gasteiger partial charge in [-0.25, -0.2) is 0 Å². The van der Waals surface area contributed by atoms with Crippen molar-refractivity contribution in [1.82, 2.24) is 9.13 Å². The topological polar surface area (TPSA) is 84.5 Å². The summed E-state index contributed by atoms with van der Waals surface area (Å²) in [5.41, 5.74) is 2.28. The van der Waals surface area contributed by atoms with Crippen LogP contribution in [0.5, 0.6) is 11.8 Å². The second-order valence-electron chi connectivity index (χ2n) is 13.0. The molecule has 2 aliphatic heterocycles. The van der Waals surface area contributed by atoms with Crippen LogP contribution in [0.1, 0.15) is 74.6 Å². The Labute approximate surface area is 290 Å². The van der Waals surface area contributed by atoms with Crippen LogP contribution in [0.15, 0.2) is 92.2 Å². The molecule has 0 amide bonds. The molecule has 0 aliphatic carbocycles. The molecule has 2 unspecified atom stereocenters. The number of benzene rings is 2. The maximum absolute atomic E-state index is 13.3. The Morgan fingerprint density at radius 2 is 1.06 bits per heavy atom. The first kappa shape index (κ1) is 33.9. The van der Waals surface area contributed by atoms with Crippen molar-refractivity contribution >= 4 is 35.3 Å². The van der Waals surface area contributed by atoms with Crippen molar-refractivity contribution in [2.45, 2.75) is 86.1 Å². The number of aromatic hydroxyl groups is 2. The molecule has 0 spiro atoms. The highest BCUT2D eigenvalue weighted by Crippen LogP contribution is 2.42. The zero-order valence-electron chi connectivity index (χ0n) is 27.2. The molecule has 6 nitrogen and oxygen atoms in total. The van der Waals surface area contributed by atoms with Crippen molar-refractivity contribution in [2.24, 2.45) is 0 Å². The van der Waals surface area contributed by atoms with E-state index in [1.165, 1.54) is 0 Å². The van der Waals surface area contributed by atoms with Crippen LogP contribution in [0.25, 0.3) is 0 Å². The number of aromatic nitrogens is 2. The molecule has 6 rings (SSSR count). The first-order valence-corrected chi connectivity index (χ1v) is 19.8. The van der Waals surface area contributed by atoms with Gasteiger partial charge in [0, 0.05) is 44.6 Å². The van der Waals surface area contributed by atoms with Crippen LogP contribution in [-0.4, -0.2) is 42.4 Å². The third-order valence-electron chi connectivity index (χ3n) is 9.91.